The highest BCUT2D eigenvalue weighted by Crippen LogP contribution is 3.50. The van der Waals surface area contributed by atoms with Gasteiger partial charge in [0, 0.05) is 0 Å². The molecule has 0 amide bonds. The standard InChI is InChI=1S/B6H75P67/c1-38-57(39(2)3)66(56(36)37)71(67(58(40(4)5)41(6)7)59(42(8)9)43(10)11)73(70(64(52(28)29)53(30)31)65(54(32)33)55(34)35)72(68(60(44(12)13)45(14)15)61(46(16)17)47(18)19)69(62(48(20)21)49(22)23)63(50(24)25)51(26)27/h38H,1-37H2. The molecule has 0 nitrogen and oxygen atoms in total. The Morgan fingerprint density at radius 3 is 0.425 bits per heavy atom. The summed E-state index contributed by atoms with van der Waals surface area (Å²) in [6, 6.07) is 0. The van der Waals surface area contributed by atoms with Crippen LogP contribution in [0, 0.1) is 0 Å². The average Bonchev–Trinajstić information content (AvgIpc) is 3.17. The second-order valence-corrected chi connectivity index (χ2v) is 297. The van der Waals surface area contributed by atoms with Crippen molar-refractivity contribution in [2.45, 2.75) is 0 Å². The van der Waals surface area contributed by atoms with Gasteiger partial charge < -0.3 is 0 Å². The Kier molecular flexibility index (Phi) is 77.8. The highest BCUT2D eigenvalue weighted by molar-refractivity contribution is 9.56. The maximum absolute atomic E-state index is 3.81. The molecule has 0 aliphatic heterocycles. The van der Waals surface area contributed by atoms with Crippen molar-refractivity contribution < 1.29 is 0 Å². The molecule has 0 saturated carbocycles. The van der Waals surface area contributed by atoms with Gasteiger partial charge in [0.05, 0.1) is 0 Å². The summed E-state index contributed by atoms with van der Waals surface area (Å²) in [4.78, 5) is 0. The predicted molar refractivity (Wildman–Crippen MR) is 603 cm³/mol. The minimum atomic E-state index is -0.332. The monoisotopic (exact) mass is 2220 g/mol. The molecule has 0 aromatic rings. The largest absolute Gasteiger partial charge is 0.155 e. The van der Waals surface area contributed by atoms with Gasteiger partial charge in [0.1, 0.15) is 45.4 Å². The van der Waals surface area contributed by atoms with E-state index < -0.39 is 0 Å². The van der Waals surface area contributed by atoms with Crippen molar-refractivity contribution in [1.29, 1.82) is 0 Å². The van der Waals surface area contributed by atoms with E-state index in [1.165, 1.54) is 0 Å². The molecule has 0 spiro atoms. The fourth-order valence-electron chi connectivity index (χ4n) is 4.91. The van der Waals surface area contributed by atoms with Crippen molar-refractivity contribution >= 4 is 576 Å². The van der Waals surface area contributed by atoms with E-state index in [2.05, 4.69) is 322 Å². The van der Waals surface area contributed by atoms with Crippen LogP contribution >= 0.6 is 530 Å². The van der Waals surface area contributed by atoms with Crippen LogP contribution in [0.15, 0.2) is 0 Å². The lowest BCUT2D eigenvalue weighted by Crippen LogP contribution is -1.77. The summed E-state index contributed by atoms with van der Waals surface area (Å²) in [6.45, 7) is -8.25. The van der Waals surface area contributed by atoms with Gasteiger partial charge in [-0.05, 0) is 217 Å². The number of rotatable bonds is 35. The van der Waals surface area contributed by atoms with E-state index in [4.69, 9.17) is 0 Å². The van der Waals surface area contributed by atoms with E-state index in [9.17, 15) is 0 Å². The molecular weight excluding hydrogens is 2140 g/mol. The molecule has 39 atom stereocenters. The average molecular weight is 2220 g/mol. The van der Waals surface area contributed by atoms with Crippen LogP contribution in [-0.2, 0) is 0 Å². The molecule has 0 aliphatic carbocycles. The number of hydrogen-bond donors (Lipinski definition) is 0. The third-order valence-corrected chi connectivity index (χ3v) is 498. The van der Waals surface area contributed by atoms with Crippen molar-refractivity contribution in [3.63, 3.8) is 0 Å². The molecule has 73 heavy (non-hydrogen) atoms. The first-order valence-corrected chi connectivity index (χ1v) is 143. The van der Waals surface area contributed by atoms with Gasteiger partial charge in [-0.15, -0.1) is 285 Å². The highest BCUT2D eigenvalue weighted by Gasteiger charge is 2.63. The Bertz CT molecular complexity index is 1230. The predicted octanol–water partition coefficient (Wildman–Crippen LogP) is 35.3. The summed E-state index contributed by atoms with van der Waals surface area (Å²) in [6.07, 6.45) is 0. The van der Waals surface area contributed by atoms with Crippen LogP contribution in [0.2, 0.25) is 0 Å². The molecule has 39 unspecified atom stereocenters. The first kappa shape index (κ1) is 102. The number of hydrogen-bond acceptors (Lipinski definition) is 0. The molecule has 0 aromatic heterocycles. The molecule has 0 bridgehead atoms. The van der Waals surface area contributed by atoms with E-state index in [0.29, 0.717) is 0 Å². The normalized spacial score (nSPS) is 17.3. The molecule has 0 aromatic carbocycles. The lowest BCUT2D eigenvalue weighted by Gasteiger charge is -2.62. The van der Waals surface area contributed by atoms with Gasteiger partial charge >= 0.3 is 0 Å². The van der Waals surface area contributed by atoms with Crippen molar-refractivity contribution in [3.8, 4) is 0 Å². The summed E-state index contributed by atoms with van der Waals surface area (Å²) in [7, 11) is 132. The van der Waals surface area contributed by atoms with E-state index in [1.54, 1.807) is 0 Å². The summed E-state index contributed by atoms with van der Waals surface area (Å²) in [5, 5.41) is 0. The zero-order chi connectivity index (χ0) is 57.9. The van der Waals surface area contributed by atoms with E-state index in [0.717, 1.165) is 8.15 Å². The third-order valence-electron chi connectivity index (χ3n) is 6.89. The minimum absolute atomic E-state index is 0.0501. The van der Waals surface area contributed by atoms with E-state index in [-0.39, 0.29) is 246 Å². The van der Waals surface area contributed by atoms with Gasteiger partial charge in [0.25, 0.3) is 0 Å². The molecule has 0 heterocycles. The SMILES string of the molecule is BPP(P(B)B)P(P(P)P)P(P(P(P(B)B)P(B)P)P(P(P)P)P(P)P)P(P(P(P(P)P)P(P)P)P(P(P)P)P(P)P)P(P(P(P(P)P)P(P)P)P(P(P)P)P(P)P)P(P(P(P)P)P(P)P)P(P(P)P)P(P)P. The van der Waals surface area contributed by atoms with Crippen LogP contribution in [-0.4, -0.2) is 45.4 Å². The lowest BCUT2D eigenvalue weighted by molar-refractivity contribution is 4.30. The summed E-state index contributed by atoms with van der Waals surface area (Å²) >= 11 is 0. The third kappa shape index (κ3) is 35.6. The van der Waals surface area contributed by atoms with Crippen LogP contribution in [0.3, 0.4) is 0 Å². The van der Waals surface area contributed by atoms with Crippen LogP contribution < -0.4 is 0 Å². The van der Waals surface area contributed by atoms with Gasteiger partial charge in [-0.1, -0.05) is 14.2 Å². The summed E-state index contributed by atoms with van der Waals surface area (Å²) in [5.74, 6) is 0. The van der Waals surface area contributed by atoms with E-state index in [1.807, 2.05) is 0 Å². The van der Waals surface area contributed by atoms with Crippen LogP contribution in [0.1, 0.15) is 0 Å². The van der Waals surface area contributed by atoms with Crippen LogP contribution in [0.4, 0.5) is 0 Å². The quantitative estimate of drug-likeness (QED) is 0.0438. The Balaban J connectivity index is 12.0. The molecule has 0 radical (unpaired) electrons. The van der Waals surface area contributed by atoms with Crippen LogP contribution in [0.5, 0.6) is 0 Å². The zero-order valence-electron chi connectivity index (χ0n) is 40.1. The van der Waals surface area contributed by atoms with Crippen molar-refractivity contribution in [3.05, 3.63) is 0 Å². The van der Waals surface area contributed by atoms with Gasteiger partial charge in [0.15, 0.2) is 0 Å². The maximum Gasteiger partial charge on any atom is 0.145 e. The Morgan fingerprint density at radius 2 is 0.315 bits per heavy atom. The molecule has 0 saturated heterocycles. The summed E-state index contributed by atoms with van der Waals surface area (Å²) in [5.41, 5.74) is 0. The first-order chi connectivity index (χ1) is 33.2. The molecular formula is H75B6P67. The smallest absolute Gasteiger partial charge is 0.145 e. The topological polar surface area (TPSA) is 0 Å². The zero-order valence-corrected chi connectivity index (χ0v) is 108. The second-order valence-electron chi connectivity index (χ2n) is 12.8. The Labute approximate surface area is 567 Å². The van der Waals surface area contributed by atoms with E-state index >= 15 is 0 Å². The minimum Gasteiger partial charge on any atom is -0.155 e. The maximum atomic E-state index is 3.81. The lowest BCUT2D eigenvalue weighted by atomic mass is 10.7. The van der Waals surface area contributed by atoms with Gasteiger partial charge in [0.2, 0.25) is 0 Å². The van der Waals surface area contributed by atoms with Crippen molar-refractivity contribution in [2.24, 2.45) is 0 Å². The van der Waals surface area contributed by atoms with Crippen LogP contribution in [0.25, 0.3) is 0 Å². The second kappa shape index (κ2) is 55.6. The highest BCUT2D eigenvalue weighted by atomic mass is 33.6. The molecule has 428 valence electrons. The molecule has 73 heteroatoms. The summed E-state index contributed by atoms with van der Waals surface area (Å²) < 4.78 is 0. The molecule has 0 N–H and O–H groups in total. The van der Waals surface area contributed by atoms with Crippen molar-refractivity contribution in [2.75, 3.05) is 0 Å². The molecule has 0 rings (SSSR count). The Hall–Kier alpha value is 29.2. The Morgan fingerprint density at radius 1 is 0.178 bits per heavy atom. The molecule has 0 fully saturated rings. The van der Waals surface area contributed by atoms with Crippen molar-refractivity contribution in [1.82, 2.24) is 0 Å². The van der Waals surface area contributed by atoms with Gasteiger partial charge in [-0.3, -0.25) is 0 Å². The first-order valence-electron chi connectivity index (χ1n) is 17.8. The van der Waals surface area contributed by atoms with Gasteiger partial charge in [-0.25, -0.2) is 0 Å². The fourth-order valence-corrected chi connectivity index (χ4v) is 1020. The fraction of sp³-hybridized carbons (Fsp3) is 0. The molecule has 0 aliphatic rings. The van der Waals surface area contributed by atoms with Gasteiger partial charge in [-0.2, -0.15) is 14.7 Å².